The molecule has 0 radical (unpaired) electrons. The number of nitrogens with zero attached hydrogens (tertiary/aromatic N) is 3. The van der Waals surface area contributed by atoms with E-state index >= 15 is 0 Å². The van der Waals surface area contributed by atoms with Gasteiger partial charge in [-0.15, -0.1) is 24.0 Å². The van der Waals surface area contributed by atoms with E-state index in [-0.39, 0.29) is 24.0 Å². The normalized spacial score (nSPS) is 18.8. The second-order valence-corrected chi connectivity index (χ2v) is 7.38. The highest BCUT2D eigenvalue weighted by atomic mass is 127. The van der Waals surface area contributed by atoms with Crippen LogP contribution in [0.1, 0.15) is 49.7 Å². The molecular formula is C21H31IN4O. The van der Waals surface area contributed by atoms with Gasteiger partial charge in [-0.1, -0.05) is 25.0 Å². The fourth-order valence-electron chi connectivity index (χ4n) is 3.89. The predicted molar refractivity (Wildman–Crippen MR) is 119 cm³/mol. The topological polar surface area (TPSA) is 60.7 Å². The Kier molecular flexibility index (Phi) is 9.35. The molecule has 0 spiro atoms. The molecule has 1 aromatic rings. The predicted octanol–water partition coefficient (Wildman–Crippen LogP) is 3.92. The van der Waals surface area contributed by atoms with Gasteiger partial charge in [-0.05, 0) is 49.3 Å². The van der Waals surface area contributed by atoms with Crippen molar-refractivity contribution in [3.8, 4) is 6.07 Å². The van der Waals surface area contributed by atoms with E-state index in [9.17, 15) is 0 Å². The standard InChI is InChI=1S/C21H30N4O.HI/c1-23-21(24-15-18-8-6-17(14-22)7-9-18)25-12-10-20(11-13-25)26-16-19-4-2-3-5-19;/h6-9,19-20H,2-5,10-13,15-16H2,1H3,(H,23,24);1H. The third-order valence-electron chi connectivity index (χ3n) is 5.53. The molecule has 148 valence electrons. The second kappa shape index (κ2) is 11.5. The van der Waals surface area contributed by atoms with Crippen LogP contribution in [-0.2, 0) is 11.3 Å². The number of rotatable bonds is 5. The van der Waals surface area contributed by atoms with Crippen LogP contribution < -0.4 is 5.32 Å². The van der Waals surface area contributed by atoms with Crippen molar-refractivity contribution in [1.82, 2.24) is 10.2 Å². The van der Waals surface area contributed by atoms with E-state index in [1.807, 2.05) is 31.3 Å². The molecule has 1 saturated heterocycles. The van der Waals surface area contributed by atoms with Crippen molar-refractivity contribution in [2.45, 2.75) is 51.2 Å². The summed E-state index contributed by atoms with van der Waals surface area (Å²) in [5.41, 5.74) is 1.85. The molecule has 2 fully saturated rings. The van der Waals surface area contributed by atoms with E-state index < -0.39 is 0 Å². The number of aliphatic imine (C=N–C) groups is 1. The largest absolute Gasteiger partial charge is 0.378 e. The molecule has 6 heteroatoms. The van der Waals surface area contributed by atoms with Crippen molar-refractivity contribution < 1.29 is 4.74 Å². The van der Waals surface area contributed by atoms with E-state index in [4.69, 9.17) is 10.00 Å². The molecule has 5 nitrogen and oxygen atoms in total. The van der Waals surface area contributed by atoms with Crippen LogP contribution in [0.3, 0.4) is 0 Å². The summed E-state index contributed by atoms with van der Waals surface area (Å²) in [5.74, 6) is 1.75. The second-order valence-electron chi connectivity index (χ2n) is 7.38. The summed E-state index contributed by atoms with van der Waals surface area (Å²) < 4.78 is 6.17. The minimum atomic E-state index is 0. The minimum Gasteiger partial charge on any atom is -0.378 e. The first-order valence-corrected chi connectivity index (χ1v) is 9.84. The van der Waals surface area contributed by atoms with E-state index in [1.54, 1.807) is 0 Å². The number of guanidine groups is 1. The smallest absolute Gasteiger partial charge is 0.193 e. The molecule has 0 aromatic heterocycles. The maximum atomic E-state index is 8.87. The first-order valence-electron chi connectivity index (χ1n) is 9.84. The van der Waals surface area contributed by atoms with Gasteiger partial charge in [-0.2, -0.15) is 5.26 Å². The number of nitriles is 1. The van der Waals surface area contributed by atoms with Gasteiger partial charge in [0.25, 0.3) is 0 Å². The average Bonchev–Trinajstić information content (AvgIpc) is 3.22. The summed E-state index contributed by atoms with van der Waals surface area (Å²) in [6.45, 7) is 3.65. The Balaban J connectivity index is 0.00000261. The molecule has 27 heavy (non-hydrogen) atoms. The summed E-state index contributed by atoms with van der Waals surface area (Å²) in [6, 6.07) is 9.83. The van der Waals surface area contributed by atoms with Crippen LogP contribution in [0.25, 0.3) is 0 Å². The van der Waals surface area contributed by atoms with Gasteiger partial charge in [0.15, 0.2) is 5.96 Å². The highest BCUT2D eigenvalue weighted by Crippen LogP contribution is 2.26. The van der Waals surface area contributed by atoms with Crippen LogP contribution in [0.5, 0.6) is 0 Å². The van der Waals surface area contributed by atoms with Crippen LogP contribution >= 0.6 is 24.0 Å². The van der Waals surface area contributed by atoms with Crippen molar-refractivity contribution in [3.63, 3.8) is 0 Å². The fraction of sp³-hybridized carbons (Fsp3) is 0.619. The molecule has 1 aliphatic heterocycles. The van der Waals surface area contributed by atoms with Gasteiger partial charge in [0.1, 0.15) is 0 Å². The SMILES string of the molecule is CN=C(NCc1ccc(C#N)cc1)N1CCC(OCC2CCCC2)CC1.I. The lowest BCUT2D eigenvalue weighted by molar-refractivity contribution is 0.00101. The lowest BCUT2D eigenvalue weighted by atomic mass is 10.1. The first kappa shape index (κ1) is 22.0. The van der Waals surface area contributed by atoms with E-state index in [1.165, 1.54) is 25.7 Å². The molecule has 0 amide bonds. The molecule has 0 atom stereocenters. The maximum absolute atomic E-state index is 8.87. The quantitative estimate of drug-likeness (QED) is 0.393. The van der Waals surface area contributed by atoms with Crippen molar-refractivity contribution in [2.75, 3.05) is 26.7 Å². The zero-order chi connectivity index (χ0) is 18.2. The summed E-state index contributed by atoms with van der Waals surface area (Å²) >= 11 is 0. The van der Waals surface area contributed by atoms with Crippen LogP contribution in [0, 0.1) is 17.2 Å². The van der Waals surface area contributed by atoms with E-state index in [0.717, 1.165) is 56.5 Å². The van der Waals surface area contributed by atoms with E-state index in [0.29, 0.717) is 11.7 Å². The van der Waals surface area contributed by atoms with Gasteiger partial charge >= 0.3 is 0 Å². The number of likely N-dealkylation sites (tertiary alicyclic amines) is 1. The fourth-order valence-corrected chi connectivity index (χ4v) is 3.89. The third kappa shape index (κ3) is 6.65. The maximum Gasteiger partial charge on any atom is 0.193 e. The van der Waals surface area contributed by atoms with Crippen molar-refractivity contribution >= 4 is 29.9 Å². The van der Waals surface area contributed by atoms with Gasteiger partial charge in [0, 0.05) is 33.3 Å². The van der Waals surface area contributed by atoms with Gasteiger partial charge in [0.05, 0.1) is 17.7 Å². The lowest BCUT2D eigenvalue weighted by Crippen LogP contribution is -2.46. The van der Waals surface area contributed by atoms with Gasteiger partial charge < -0.3 is 15.0 Å². The van der Waals surface area contributed by atoms with E-state index in [2.05, 4.69) is 21.3 Å². The number of ether oxygens (including phenoxy) is 1. The Labute approximate surface area is 180 Å². The molecule has 1 heterocycles. The van der Waals surface area contributed by atoms with Gasteiger partial charge in [0.2, 0.25) is 0 Å². The zero-order valence-electron chi connectivity index (χ0n) is 16.2. The number of halogens is 1. The highest BCUT2D eigenvalue weighted by Gasteiger charge is 2.23. The first-order chi connectivity index (χ1) is 12.8. The van der Waals surface area contributed by atoms with Crippen LogP contribution in [0.2, 0.25) is 0 Å². The Hall–Kier alpha value is -1.33. The third-order valence-corrected chi connectivity index (χ3v) is 5.53. The summed E-state index contributed by atoms with van der Waals surface area (Å²) in [6.07, 6.45) is 8.02. The molecule has 1 aromatic carbocycles. The van der Waals surface area contributed by atoms with Crippen molar-refractivity contribution in [2.24, 2.45) is 10.9 Å². The molecule has 1 aliphatic carbocycles. The van der Waals surface area contributed by atoms with Crippen molar-refractivity contribution in [3.05, 3.63) is 35.4 Å². The number of hydrogen-bond donors (Lipinski definition) is 1. The van der Waals surface area contributed by atoms with Crippen LogP contribution in [-0.4, -0.2) is 43.7 Å². The average molecular weight is 482 g/mol. The number of benzene rings is 1. The van der Waals surface area contributed by atoms with Crippen molar-refractivity contribution in [1.29, 1.82) is 5.26 Å². The molecule has 1 N–H and O–H groups in total. The van der Waals surface area contributed by atoms with Gasteiger partial charge in [-0.25, -0.2) is 0 Å². The monoisotopic (exact) mass is 482 g/mol. The lowest BCUT2D eigenvalue weighted by Gasteiger charge is -2.34. The van der Waals surface area contributed by atoms with Gasteiger partial charge in [-0.3, -0.25) is 4.99 Å². The highest BCUT2D eigenvalue weighted by molar-refractivity contribution is 14.0. The number of nitrogens with one attached hydrogen (secondary N) is 1. The molecule has 3 rings (SSSR count). The number of piperidine rings is 1. The number of hydrogen-bond acceptors (Lipinski definition) is 3. The Morgan fingerprint density at radius 2 is 1.85 bits per heavy atom. The summed E-state index contributed by atoms with van der Waals surface area (Å²) in [5, 5.41) is 12.3. The Morgan fingerprint density at radius 3 is 2.44 bits per heavy atom. The molecule has 0 bridgehead atoms. The molecule has 1 saturated carbocycles. The summed E-state index contributed by atoms with van der Waals surface area (Å²) in [7, 11) is 1.84. The summed E-state index contributed by atoms with van der Waals surface area (Å²) in [4.78, 5) is 6.75. The Morgan fingerprint density at radius 1 is 1.19 bits per heavy atom. The molecule has 0 unspecified atom stereocenters. The zero-order valence-corrected chi connectivity index (χ0v) is 18.5. The van der Waals surface area contributed by atoms with Crippen LogP contribution in [0.4, 0.5) is 0 Å². The molecular weight excluding hydrogens is 451 g/mol. The Bertz CT molecular complexity index is 627. The van der Waals surface area contributed by atoms with Crippen LogP contribution in [0.15, 0.2) is 29.3 Å². The molecule has 2 aliphatic rings. The minimum absolute atomic E-state index is 0.